The van der Waals surface area contributed by atoms with Gasteiger partial charge in [-0.1, -0.05) is 42.5 Å². The molecule has 6 heteroatoms. The Balaban J connectivity index is 1.78. The van der Waals surface area contributed by atoms with Gasteiger partial charge in [-0.2, -0.15) is 0 Å². The summed E-state index contributed by atoms with van der Waals surface area (Å²) in [6.07, 6.45) is 7.12. The molecule has 0 spiro atoms. The minimum Gasteiger partial charge on any atom is -0.278 e. The van der Waals surface area contributed by atoms with E-state index in [0.717, 1.165) is 17.3 Å². The maximum Gasteiger partial charge on any atom is 0.273 e. The highest BCUT2D eigenvalue weighted by molar-refractivity contribution is 8.19. The van der Waals surface area contributed by atoms with Crippen LogP contribution in [0.4, 0.5) is 5.13 Å². The van der Waals surface area contributed by atoms with Crippen LogP contribution in [-0.2, 0) is 4.79 Å². The first-order chi connectivity index (χ1) is 10.3. The zero-order valence-electron chi connectivity index (χ0n) is 10.9. The molecule has 104 valence electrons. The number of allylic oxidation sites excluding steroid dienone is 2. The molecule has 1 fully saturated rings. The largest absolute Gasteiger partial charge is 0.278 e. The number of hydrogen-bond acceptors (Lipinski definition) is 5. The molecule has 0 aliphatic carbocycles. The average molecular weight is 313 g/mol. The van der Waals surface area contributed by atoms with Crippen molar-refractivity contribution in [2.75, 3.05) is 4.90 Å². The van der Waals surface area contributed by atoms with Crippen LogP contribution in [-0.4, -0.2) is 16.1 Å². The highest BCUT2D eigenvalue weighted by atomic mass is 32.2. The second-order valence-corrected chi connectivity index (χ2v) is 6.07. The molecule has 2 heterocycles. The number of amidine groups is 1. The van der Waals surface area contributed by atoms with Gasteiger partial charge in [-0.05, 0) is 23.4 Å². The lowest BCUT2D eigenvalue weighted by Crippen LogP contribution is -2.27. The first-order valence-electron chi connectivity index (χ1n) is 6.19. The predicted octanol–water partition coefficient (Wildman–Crippen LogP) is 3.75. The first-order valence-corrected chi connectivity index (χ1v) is 7.89. The summed E-state index contributed by atoms with van der Waals surface area (Å²) >= 11 is 2.50. The van der Waals surface area contributed by atoms with Crippen molar-refractivity contribution in [3.63, 3.8) is 0 Å². The number of hydrogen-bond donors (Lipinski definition) is 1. The smallest absolute Gasteiger partial charge is 0.273 e. The summed E-state index contributed by atoms with van der Waals surface area (Å²) < 4.78 is 0. The molecule has 0 unspecified atom stereocenters. The Morgan fingerprint density at radius 3 is 2.76 bits per heavy atom. The summed E-state index contributed by atoms with van der Waals surface area (Å²) in [7, 11) is 0. The molecule has 21 heavy (non-hydrogen) atoms. The number of anilines is 1. The van der Waals surface area contributed by atoms with Gasteiger partial charge in [0.1, 0.15) is 0 Å². The Morgan fingerprint density at radius 2 is 2.05 bits per heavy atom. The van der Waals surface area contributed by atoms with Crippen molar-refractivity contribution < 1.29 is 4.79 Å². The summed E-state index contributed by atoms with van der Waals surface area (Å²) in [6, 6.07) is 9.86. The molecule has 0 saturated carbocycles. The standard InChI is InChI=1S/C15H11N3OS2/c16-14-18(15-17-9-10-20-15)13(19)12(21-14)8-4-7-11-5-2-1-3-6-11/h1-10,16H/b7-4+,12-8-,16-14?. The van der Waals surface area contributed by atoms with Gasteiger partial charge in [0, 0.05) is 11.6 Å². The van der Waals surface area contributed by atoms with Crippen LogP contribution in [0.25, 0.3) is 6.08 Å². The molecule has 2 aromatic rings. The first kappa shape index (κ1) is 13.8. The van der Waals surface area contributed by atoms with Crippen molar-refractivity contribution in [1.82, 2.24) is 4.98 Å². The van der Waals surface area contributed by atoms with Gasteiger partial charge in [0.2, 0.25) is 0 Å². The number of carbonyl (C=O) groups is 1. The van der Waals surface area contributed by atoms with Gasteiger partial charge in [0.05, 0.1) is 4.91 Å². The van der Waals surface area contributed by atoms with Gasteiger partial charge in [0.15, 0.2) is 10.3 Å². The van der Waals surface area contributed by atoms with Crippen LogP contribution < -0.4 is 4.90 Å². The van der Waals surface area contributed by atoms with Crippen LogP contribution in [0.15, 0.2) is 59.0 Å². The van der Waals surface area contributed by atoms with E-state index in [4.69, 9.17) is 5.41 Å². The molecule has 3 rings (SSSR count). The third-order valence-electron chi connectivity index (χ3n) is 2.77. The monoisotopic (exact) mass is 313 g/mol. The van der Waals surface area contributed by atoms with Crippen LogP contribution >= 0.6 is 23.1 Å². The SMILES string of the molecule is N=C1S/C(=C\C=C\c2ccccc2)C(=O)N1c1nccs1. The van der Waals surface area contributed by atoms with Crippen molar-refractivity contribution in [2.45, 2.75) is 0 Å². The topological polar surface area (TPSA) is 57.1 Å². The Bertz CT molecular complexity index is 721. The Labute approximate surface area is 130 Å². The second-order valence-electron chi connectivity index (χ2n) is 4.16. The van der Waals surface area contributed by atoms with Crippen LogP contribution in [0.1, 0.15) is 5.56 Å². The molecule has 1 aliphatic rings. The third-order valence-corrected chi connectivity index (χ3v) is 4.43. The van der Waals surface area contributed by atoms with Crippen molar-refractivity contribution in [3.05, 3.63) is 64.5 Å². The van der Waals surface area contributed by atoms with Crippen molar-refractivity contribution in [1.29, 1.82) is 5.41 Å². The Kier molecular flexibility index (Phi) is 3.98. The number of thiazole rings is 1. The number of benzene rings is 1. The molecule has 0 atom stereocenters. The molecule has 4 nitrogen and oxygen atoms in total. The normalized spacial score (nSPS) is 17.3. The lowest BCUT2D eigenvalue weighted by atomic mass is 10.2. The van der Waals surface area contributed by atoms with E-state index in [1.165, 1.54) is 16.2 Å². The highest BCUT2D eigenvalue weighted by Crippen LogP contribution is 2.34. The molecule has 0 bridgehead atoms. The van der Waals surface area contributed by atoms with Crippen LogP contribution in [0.3, 0.4) is 0 Å². The molecule has 1 N–H and O–H groups in total. The number of amides is 1. The van der Waals surface area contributed by atoms with Crippen LogP contribution in [0.5, 0.6) is 0 Å². The van der Waals surface area contributed by atoms with E-state index < -0.39 is 0 Å². The molecule has 1 saturated heterocycles. The van der Waals surface area contributed by atoms with E-state index in [1.54, 1.807) is 17.7 Å². The maximum atomic E-state index is 12.3. The fourth-order valence-electron chi connectivity index (χ4n) is 1.81. The third kappa shape index (κ3) is 2.96. The lowest BCUT2D eigenvalue weighted by molar-refractivity contribution is -0.113. The number of nitrogens with zero attached hydrogens (tertiary/aromatic N) is 2. The number of thioether (sulfide) groups is 1. The Morgan fingerprint density at radius 1 is 1.24 bits per heavy atom. The summed E-state index contributed by atoms with van der Waals surface area (Å²) in [6.45, 7) is 0. The minimum absolute atomic E-state index is 0.189. The molecule has 1 aliphatic heterocycles. The summed E-state index contributed by atoms with van der Waals surface area (Å²) in [4.78, 5) is 18.2. The lowest BCUT2D eigenvalue weighted by Gasteiger charge is -2.08. The molecule has 1 amide bonds. The maximum absolute atomic E-state index is 12.3. The molecular formula is C15H11N3OS2. The fraction of sp³-hybridized carbons (Fsp3) is 0. The predicted molar refractivity (Wildman–Crippen MR) is 88.5 cm³/mol. The van der Waals surface area contributed by atoms with E-state index in [9.17, 15) is 4.79 Å². The number of rotatable bonds is 3. The molecule has 1 aromatic heterocycles. The zero-order chi connectivity index (χ0) is 14.7. The molecule has 0 radical (unpaired) electrons. The summed E-state index contributed by atoms with van der Waals surface area (Å²) in [5.74, 6) is -0.197. The number of carbonyl (C=O) groups excluding carboxylic acids is 1. The van der Waals surface area contributed by atoms with Gasteiger partial charge < -0.3 is 0 Å². The van der Waals surface area contributed by atoms with Crippen LogP contribution in [0, 0.1) is 5.41 Å². The van der Waals surface area contributed by atoms with E-state index in [0.29, 0.717) is 10.0 Å². The van der Waals surface area contributed by atoms with Crippen molar-refractivity contribution in [2.24, 2.45) is 0 Å². The fourth-order valence-corrected chi connectivity index (χ4v) is 3.31. The van der Waals surface area contributed by atoms with E-state index in [1.807, 2.05) is 42.5 Å². The van der Waals surface area contributed by atoms with Gasteiger partial charge >= 0.3 is 0 Å². The molecule has 1 aromatic carbocycles. The quantitative estimate of drug-likeness (QED) is 0.878. The zero-order valence-corrected chi connectivity index (χ0v) is 12.5. The van der Waals surface area contributed by atoms with Crippen LogP contribution in [0.2, 0.25) is 0 Å². The van der Waals surface area contributed by atoms with E-state index >= 15 is 0 Å². The minimum atomic E-state index is -0.197. The second kappa shape index (κ2) is 6.07. The van der Waals surface area contributed by atoms with E-state index in [2.05, 4.69) is 4.98 Å². The summed E-state index contributed by atoms with van der Waals surface area (Å²) in [5.41, 5.74) is 1.07. The number of aromatic nitrogens is 1. The highest BCUT2D eigenvalue weighted by Gasteiger charge is 2.34. The average Bonchev–Trinajstić information content (AvgIpc) is 3.09. The van der Waals surface area contributed by atoms with Gasteiger partial charge in [0.25, 0.3) is 5.91 Å². The van der Waals surface area contributed by atoms with Crippen molar-refractivity contribution in [3.8, 4) is 0 Å². The summed E-state index contributed by atoms with van der Waals surface area (Å²) in [5, 5.41) is 10.4. The van der Waals surface area contributed by atoms with Gasteiger partial charge in [-0.3, -0.25) is 10.2 Å². The van der Waals surface area contributed by atoms with Crippen molar-refractivity contribution >= 4 is 45.4 Å². The van der Waals surface area contributed by atoms with Gasteiger partial charge in [-0.15, -0.1) is 11.3 Å². The number of nitrogens with one attached hydrogen (secondary N) is 1. The molecular weight excluding hydrogens is 302 g/mol. The van der Waals surface area contributed by atoms with E-state index in [-0.39, 0.29) is 11.1 Å². The Hall–Kier alpha value is -2.18. The van der Waals surface area contributed by atoms with Gasteiger partial charge in [-0.25, -0.2) is 9.88 Å².